The molecule has 0 atom stereocenters. The summed E-state index contributed by atoms with van der Waals surface area (Å²) < 4.78 is 4.86. The number of nitrogens with zero attached hydrogens (tertiary/aromatic N) is 2. The Labute approximate surface area is 68.2 Å². The number of halogens is 1. The number of hydrogen-bond acceptors (Lipinski definition) is 4. The quantitative estimate of drug-likeness (QED) is 0.498. The van der Waals surface area contributed by atoms with Crippen molar-refractivity contribution in [3.05, 3.63) is 17.7 Å². The molecule has 11 heavy (non-hydrogen) atoms. The zero-order valence-electron chi connectivity index (χ0n) is 5.53. The lowest BCUT2D eigenvalue weighted by Crippen LogP contribution is -1.98. The minimum atomic E-state index is 0.00495. The molecule has 58 valence electrons. The summed E-state index contributed by atoms with van der Waals surface area (Å²) in [6.45, 7) is 0.00495. The molecule has 0 fully saturated rings. The van der Waals surface area contributed by atoms with Crippen molar-refractivity contribution in [3.63, 3.8) is 0 Å². The lowest BCUT2D eigenvalue weighted by Gasteiger charge is -1.98. The summed E-state index contributed by atoms with van der Waals surface area (Å²) >= 11 is 5.40. The van der Waals surface area contributed by atoms with E-state index in [0.717, 1.165) is 0 Å². The number of aldehydes is 1. The summed E-state index contributed by atoms with van der Waals surface area (Å²) in [5.74, 6) is 0.432. The standard InChI is InChI=1S/C6H5ClN2O2/c7-6-8-3-5(4-9-6)11-2-1-10/h1,3-4H,2H2. The molecule has 0 saturated heterocycles. The van der Waals surface area contributed by atoms with Crippen LogP contribution in [0, 0.1) is 0 Å². The van der Waals surface area contributed by atoms with Crippen LogP contribution >= 0.6 is 11.6 Å². The summed E-state index contributed by atoms with van der Waals surface area (Å²) in [6.07, 6.45) is 3.45. The van der Waals surface area contributed by atoms with Gasteiger partial charge in [-0.05, 0) is 11.6 Å². The molecule has 0 aliphatic heterocycles. The van der Waals surface area contributed by atoms with Crippen LogP contribution in [0.5, 0.6) is 5.75 Å². The average molecular weight is 173 g/mol. The first-order chi connectivity index (χ1) is 5.33. The molecule has 0 aromatic carbocycles. The minimum absolute atomic E-state index is 0.00495. The van der Waals surface area contributed by atoms with Gasteiger partial charge in [0.15, 0.2) is 12.0 Å². The highest BCUT2D eigenvalue weighted by Crippen LogP contribution is 2.07. The molecule has 0 amide bonds. The third-order valence-electron chi connectivity index (χ3n) is 0.915. The van der Waals surface area contributed by atoms with Crippen LogP contribution in [0.3, 0.4) is 0 Å². The number of ether oxygens (including phenoxy) is 1. The fourth-order valence-corrected chi connectivity index (χ4v) is 0.603. The Balaban J connectivity index is 2.58. The predicted octanol–water partition coefficient (Wildman–Crippen LogP) is 0.708. The maximum Gasteiger partial charge on any atom is 0.222 e. The number of carbonyl (C=O) groups is 1. The molecule has 0 aliphatic carbocycles. The van der Waals surface area contributed by atoms with E-state index in [9.17, 15) is 4.79 Å². The number of hydrogen-bond donors (Lipinski definition) is 0. The molecule has 0 saturated carbocycles. The van der Waals surface area contributed by atoms with Gasteiger partial charge in [-0.3, -0.25) is 4.79 Å². The van der Waals surface area contributed by atoms with Gasteiger partial charge in [0.05, 0.1) is 12.4 Å². The highest BCUT2D eigenvalue weighted by atomic mass is 35.5. The second-order valence-corrected chi connectivity index (χ2v) is 2.00. The highest BCUT2D eigenvalue weighted by Gasteiger charge is 1.93. The van der Waals surface area contributed by atoms with E-state index in [1.165, 1.54) is 12.4 Å². The van der Waals surface area contributed by atoms with E-state index >= 15 is 0 Å². The van der Waals surface area contributed by atoms with Crippen LogP contribution < -0.4 is 4.74 Å². The van der Waals surface area contributed by atoms with E-state index in [4.69, 9.17) is 16.3 Å². The van der Waals surface area contributed by atoms with Crippen LogP contribution in [0.4, 0.5) is 0 Å². The van der Waals surface area contributed by atoms with Crippen molar-refractivity contribution in [2.45, 2.75) is 0 Å². The second kappa shape index (κ2) is 3.88. The molecule has 0 bridgehead atoms. The molecule has 5 heteroatoms. The molecule has 0 radical (unpaired) electrons. The lowest BCUT2D eigenvalue weighted by molar-refractivity contribution is -0.109. The molecule has 1 aromatic heterocycles. The van der Waals surface area contributed by atoms with Crippen LogP contribution in [0.2, 0.25) is 5.28 Å². The molecule has 4 nitrogen and oxygen atoms in total. The van der Waals surface area contributed by atoms with E-state index in [1.54, 1.807) is 0 Å². The predicted molar refractivity (Wildman–Crippen MR) is 38.6 cm³/mol. The van der Waals surface area contributed by atoms with Gasteiger partial charge < -0.3 is 4.74 Å². The van der Waals surface area contributed by atoms with Gasteiger partial charge in [-0.2, -0.15) is 0 Å². The molecule has 1 aromatic rings. The van der Waals surface area contributed by atoms with E-state index in [1.807, 2.05) is 0 Å². The zero-order valence-corrected chi connectivity index (χ0v) is 6.28. The largest absolute Gasteiger partial charge is 0.483 e. The van der Waals surface area contributed by atoms with Crippen LogP contribution in [-0.2, 0) is 4.79 Å². The van der Waals surface area contributed by atoms with Crippen LogP contribution in [0.15, 0.2) is 12.4 Å². The molecule has 0 aliphatic rings. The van der Waals surface area contributed by atoms with Crippen LogP contribution in [0.25, 0.3) is 0 Å². The molecule has 0 unspecified atom stereocenters. The third kappa shape index (κ3) is 2.51. The summed E-state index contributed by atoms with van der Waals surface area (Å²) in [4.78, 5) is 17.1. The first-order valence-electron chi connectivity index (χ1n) is 2.87. The summed E-state index contributed by atoms with van der Waals surface area (Å²) in [6, 6.07) is 0. The topological polar surface area (TPSA) is 52.1 Å². The Bertz CT molecular complexity index is 237. The summed E-state index contributed by atoms with van der Waals surface area (Å²) in [5, 5.41) is 0.156. The van der Waals surface area contributed by atoms with Crippen molar-refractivity contribution in [1.82, 2.24) is 9.97 Å². The monoisotopic (exact) mass is 172 g/mol. The number of aromatic nitrogens is 2. The Morgan fingerprint density at radius 3 is 2.73 bits per heavy atom. The van der Waals surface area contributed by atoms with Crippen LogP contribution in [0.1, 0.15) is 0 Å². The van der Waals surface area contributed by atoms with Gasteiger partial charge in [0.1, 0.15) is 6.61 Å². The van der Waals surface area contributed by atoms with Gasteiger partial charge in [-0.25, -0.2) is 9.97 Å². The Kier molecular flexibility index (Phi) is 2.80. The number of carbonyl (C=O) groups excluding carboxylic acids is 1. The average Bonchev–Trinajstić information content (AvgIpc) is 2.04. The van der Waals surface area contributed by atoms with Gasteiger partial charge in [0.2, 0.25) is 5.28 Å². The Morgan fingerprint density at radius 1 is 1.55 bits per heavy atom. The molecule has 0 N–H and O–H groups in total. The maximum atomic E-state index is 9.85. The van der Waals surface area contributed by atoms with Gasteiger partial charge >= 0.3 is 0 Å². The SMILES string of the molecule is O=CCOc1cnc(Cl)nc1. The van der Waals surface area contributed by atoms with E-state index < -0.39 is 0 Å². The first kappa shape index (κ1) is 7.94. The first-order valence-corrected chi connectivity index (χ1v) is 3.24. The molecular weight excluding hydrogens is 168 g/mol. The van der Waals surface area contributed by atoms with Crippen molar-refractivity contribution in [1.29, 1.82) is 0 Å². The third-order valence-corrected chi connectivity index (χ3v) is 1.11. The fourth-order valence-electron chi connectivity index (χ4n) is 0.505. The molecule has 1 rings (SSSR count). The Hall–Kier alpha value is -1.16. The van der Waals surface area contributed by atoms with E-state index in [0.29, 0.717) is 12.0 Å². The van der Waals surface area contributed by atoms with Gasteiger partial charge in [-0.15, -0.1) is 0 Å². The molecular formula is C6H5ClN2O2. The zero-order chi connectivity index (χ0) is 8.10. The smallest absolute Gasteiger partial charge is 0.222 e. The highest BCUT2D eigenvalue weighted by molar-refractivity contribution is 6.28. The van der Waals surface area contributed by atoms with Crippen molar-refractivity contribution in [2.75, 3.05) is 6.61 Å². The normalized spacial score (nSPS) is 9.18. The summed E-state index contributed by atoms with van der Waals surface area (Å²) in [5.41, 5.74) is 0. The number of rotatable bonds is 3. The van der Waals surface area contributed by atoms with Crippen molar-refractivity contribution >= 4 is 17.9 Å². The lowest BCUT2D eigenvalue weighted by atomic mass is 10.6. The summed E-state index contributed by atoms with van der Waals surface area (Å²) in [7, 11) is 0. The van der Waals surface area contributed by atoms with E-state index in [2.05, 4.69) is 9.97 Å². The van der Waals surface area contributed by atoms with Gasteiger partial charge in [-0.1, -0.05) is 0 Å². The van der Waals surface area contributed by atoms with Crippen molar-refractivity contribution < 1.29 is 9.53 Å². The maximum absolute atomic E-state index is 9.85. The van der Waals surface area contributed by atoms with Gasteiger partial charge in [0.25, 0.3) is 0 Å². The molecule has 0 spiro atoms. The Morgan fingerprint density at radius 2 is 2.18 bits per heavy atom. The minimum Gasteiger partial charge on any atom is -0.483 e. The second-order valence-electron chi connectivity index (χ2n) is 1.67. The fraction of sp³-hybridized carbons (Fsp3) is 0.167. The van der Waals surface area contributed by atoms with Gasteiger partial charge in [0, 0.05) is 0 Å². The van der Waals surface area contributed by atoms with E-state index in [-0.39, 0.29) is 11.9 Å². The van der Waals surface area contributed by atoms with Crippen LogP contribution in [-0.4, -0.2) is 22.9 Å². The van der Waals surface area contributed by atoms with Crippen molar-refractivity contribution in [3.8, 4) is 5.75 Å². The molecule has 1 heterocycles. The van der Waals surface area contributed by atoms with Crippen molar-refractivity contribution in [2.24, 2.45) is 0 Å².